The van der Waals surface area contributed by atoms with Crippen LogP contribution in [-0.2, 0) is 0 Å². The second kappa shape index (κ2) is 7.59. The molecular formula is C20H22N2O6. The van der Waals surface area contributed by atoms with Gasteiger partial charge in [-0.3, -0.25) is 9.78 Å². The van der Waals surface area contributed by atoms with Crippen LogP contribution >= 0.6 is 0 Å². The number of benzene rings is 1. The van der Waals surface area contributed by atoms with Gasteiger partial charge < -0.3 is 30.2 Å². The van der Waals surface area contributed by atoms with Gasteiger partial charge in [0.25, 0.3) is 0 Å². The fraction of sp³-hybridized carbons (Fsp3) is 0.300. The van der Waals surface area contributed by atoms with Crippen molar-refractivity contribution < 1.29 is 29.3 Å². The molecule has 0 radical (unpaired) electrons. The quantitative estimate of drug-likeness (QED) is 0.446. The molecule has 2 heterocycles. The van der Waals surface area contributed by atoms with Gasteiger partial charge >= 0.3 is 0 Å². The second-order valence-electron chi connectivity index (χ2n) is 6.75. The van der Waals surface area contributed by atoms with E-state index in [0.717, 1.165) is 5.69 Å². The Balaban J connectivity index is 1.91. The number of pyridine rings is 1. The monoisotopic (exact) mass is 386 g/mol. The number of aromatic nitrogens is 1. The van der Waals surface area contributed by atoms with Crippen molar-refractivity contribution in [1.29, 1.82) is 0 Å². The van der Waals surface area contributed by atoms with Crippen molar-refractivity contribution in [2.45, 2.75) is 19.4 Å². The van der Waals surface area contributed by atoms with Gasteiger partial charge in [-0.05, 0) is 38.1 Å². The normalized spacial score (nSPS) is 11.8. The number of rotatable bonds is 7. The second-order valence-corrected chi connectivity index (χ2v) is 6.75. The minimum Gasteiger partial charge on any atom is -0.490 e. The molecule has 28 heavy (non-hydrogen) atoms. The number of aliphatic hydroxyl groups is 3. The number of ether oxygens (including phenoxy) is 1. The first-order valence-corrected chi connectivity index (χ1v) is 8.66. The molecule has 0 aliphatic rings. The lowest BCUT2D eigenvalue weighted by molar-refractivity contribution is -0.0806. The van der Waals surface area contributed by atoms with Crippen molar-refractivity contribution in [2.24, 2.45) is 0 Å². The number of furan rings is 1. The molecule has 8 heteroatoms. The number of nitrogen functional groups attached to an aromatic ring is 1. The van der Waals surface area contributed by atoms with Crippen molar-refractivity contribution in [3.63, 3.8) is 0 Å². The van der Waals surface area contributed by atoms with Crippen LogP contribution in [0.5, 0.6) is 5.75 Å². The molecule has 148 valence electrons. The smallest absolute Gasteiger partial charge is 0.232 e. The Morgan fingerprint density at radius 2 is 1.93 bits per heavy atom. The summed E-state index contributed by atoms with van der Waals surface area (Å²) in [6, 6.07) is 8.19. The van der Waals surface area contributed by atoms with E-state index in [2.05, 4.69) is 4.98 Å². The van der Waals surface area contributed by atoms with Crippen LogP contribution in [-0.4, -0.2) is 51.5 Å². The predicted octanol–water partition coefficient (Wildman–Crippen LogP) is 1.35. The van der Waals surface area contributed by atoms with E-state index in [1.807, 2.05) is 6.92 Å². The van der Waals surface area contributed by atoms with E-state index in [0.29, 0.717) is 28.0 Å². The molecule has 0 amide bonds. The van der Waals surface area contributed by atoms with Crippen LogP contribution in [0.2, 0.25) is 0 Å². The molecule has 0 aliphatic carbocycles. The Morgan fingerprint density at radius 3 is 2.57 bits per heavy atom. The first-order chi connectivity index (χ1) is 13.3. The lowest BCUT2D eigenvalue weighted by atomic mass is 10.1. The van der Waals surface area contributed by atoms with Crippen LogP contribution < -0.4 is 10.5 Å². The summed E-state index contributed by atoms with van der Waals surface area (Å²) in [6.07, 6.45) is 0. The van der Waals surface area contributed by atoms with Crippen LogP contribution in [0.3, 0.4) is 0 Å². The SMILES string of the molecule is Cc1ccc(C(=O)c2oc3cc(OCC(O)(CO)CO)ccc3c2N)c(C)n1. The number of hydrogen-bond acceptors (Lipinski definition) is 8. The first-order valence-electron chi connectivity index (χ1n) is 8.66. The van der Waals surface area contributed by atoms with E-state index in [1.165, 1.54) is 6.07 Å². The van der Waals surface area contributed by atoms with Gasteiger partial charge in [0, 0.05) is 28.4 Å². The summed E-state index contributed by atoms with van der Waals surface area (Å²) in [5.41, 5.74) is 6.71. The summed E-state index contributed by atoms with van der Waals surface area (Å²) in [6.45, 7) is 1.97. The van der Waals surface area contributed by atoms with Gasteiger partial charge in [0.15, 0.2) is 5.76 Å². The Labute approximate surface area is 161 Å². The summed E-state index contributed by atoms with van der Waals surface area (Å²) in [7, 11) is 0. The molecule has 3 rings (SSSR count). The number of carbonyl (C=O) groups is 1. The van der Waals surface area contributed by atoms with Crippen molar-refractivity contribution in [3.8, 4) is 5.75 Å². The first kappa shape index (κ1) is 19.8. The highest BCUT2D eigenvalue weighted by Gasteiger charge is 2.27. The van der Waals surface area contributed by atoms with E-state index in [4.69, 9.17) is 25.1 Å². The van der Waals surface area contributed by atoms with Crippen LogP contribution in [0.1, 0.15) is 27.5 Å². The van der Waals surface area contributed by atoms with Crippen LogP contribution in [0.25, 0.3) is 11.0 Å². The van der Waals surface area contributed by atoms with Crippen molar-refractivity contribution in [3.05, 3.63) is 53.0 Å². The molecule has 5 N–H and O–H groups in total. The Bertz CT molecular complexity index is 1020. The van der Waals surface area contributed by atoms with E-state index in [1.54, 1.807) is 31.2 Å². The maximum absolute atomic E-state index is 12.9. The molecule has 0 spiro atoms. The maximum Gasteiger partial charge on any atom is 0.232 e. The number of nitrogens with two attached hydrogens (primary N) is 1. The topological polar surface area (TPSA) is 139 Å². The molecule has 0 unspecified atom stereocenters. The fourth-order valence-electron chi connectivity index (χ4n) is 2.76. The van der Waals surface area contributed by atoms with Gasteiger partial charge in [0.1, 0.15) is 23.5 Å². The lowest BCUT2D eigenvalue weighted by Gasteiger charge is -2.23. The highest BCUT2D eigenvalue weighted by molar-refractivity contribution is 6.14. The number of anilines is 1. The third kappa shape index (κ3) is 3.70. The molecule has 1 aromatic carbocycles. The van der Waals surface area contributed by atoms with Crippen LogP contribution in [0.4, 0.5) is 5.69 Å². The van der Waals surface area contributed by atoms with E-state index in [9.17, 15) is 9.90 Å². The highest BCUT2D eigenvalue weighted by Crippen LogP contribution is 2.33. The summed E-state index contributed by atoms with van der Waals surface area (Å²) in [5, 5.41) is 28.7. The summed E-state index contributed by atoms with van der Waals surface area (Å²) in [5.74, 6) is -0.0204. The van der Waals surface area contributed by atoms with Crippen LogP contribution in [0, 0.1) is 13.8 Å². The van der Waals surface area contributed by atoms with E-state index < -0.39 is 18.8 Å². The standard InChI is InChI=1S/C20H22N2O6/c1-11-3-5-14(12(2)22-11)18(25)19-17(21)15-6-4-13(7-16(15)28-19)27-10-20(26,8-23)9-24/h3-7,23-24,26H,8-10,21H2,1-2H3. The molecule has 0 fully saturated rings. The Kier molecular flexibility index (Phi) is 5.37. The Hall–Kier alpha value is -2.94. The number of ketones is 1. The summed E-state index contributed by atoms with van der Waals surface area (Å²) >= 11 is 0. The average Bonchev–Trinajstić information content (AvgIpc) is 3.01. The maximum atomic E-state index is 12.9. The van der Waals surface area contributed by atoms with Gasteiger partial charge in [-0.25, -0.2) is 0 Å². The minimum atomic E-state index is -1.76. The molecule has 0 saturated heterocycles. The lowest BCUT2D eigenvalue weighted by Crippen LogP contribution is -2.43. The molecule has 8 nitrogen and oxygen atoms in total. The van der Waals surface area contributed by atoms with E-state index in [-0.39, 0.29) is 23.8 Å². The van der Waals surface area contributed by atoms with Gasteiger partial charge in [0.2, 0.25) is 5.78 Å². The van der Waals surface area contributed by atoms with Crippen molar-refractivity contribution in [2.75, 3.05) is 25.6 Å². The number of hydrogen-bond donors (Lipinski definition) is 4. The zero-order valence-corrected chi connectivity index (χ0v) is 15.6. The largest absolute Gasteiger partial charge is 0.490 e. The third-order valence-corrected chi connectivity index (χ3v) is 4.47. The number of fused-ring (bicyclic) bond motifs is 1. The van der Waals surface area contributed by atoms with Crippen molar-refractivity contribution >= 4 is 22.4 Å². The van der Waals surface area contributed by atoms with Gasteiger partial charge in [-0.1, -0.05) is 0 Å². The molecule has 0 aliphatic heterocycles. The molecular weight excluding hydrogens is 364 g/mol. The molecule has 0 bridgehead atoms. The zero-order valence-electron chi connectivity index (χ0n) is 15.6. The fourth-order valence-corrected chi connectivity index (χ4v) is 2.76. The summed E-state index contributed by atoms with van der Waals surface area (Å²) < 4.78 is 11.1. The molecule has 0 saturated carbocycles. The molecule has 0 atom stereocenters. The van der Waals surface area contributed by atoms with Gasteiger partial charge in [0.05, 0.1) is 18.9 Å². The van der Waals surface area contributed by atoms with Crippen LogP contribution in [0.15, 0.2) is 34.7 Å². The Morgan fingerprint density at radius 1 is 1.21 bits per heavy atom. The van der Waals surface area contributed by atoms with Gasteiger partial charge in [-0.2, -0.15) is 0 Å². The van der Waals surface area contributed by atoms with E-state index >= 15 is 0 Å². The number of carbonyl (C=O) groups excluding carboxylic acids is 1. The zero-order chi connectivity index (χ0) is 20.5. The highest BCUT2D eigenvalue weighted by atomic mass is 16.5. The van der Waals surface area contributed by atoms with Crippen molar-refractivity contribution in [1.82, 2.24) is 4.98 Å². The number of aliphatic hydroxyl groups excluding tert-OH is 2. The number of nitrogens with zero attached hydrogens (tertiary/aromatic N) is 1. The predicted molar refractivity (Wildman–Crippen MR) is 102 cm³/mol. The minimum absolute atomic E-state index is 0.0168. The number of aryl methyl sites for hydroxylation is 2. The third-order valence-electron chi connectivity index (χ3n) is 4.47. The molecule has 3 aromatic rings. The molecule has 2 aromatic heterocycles. The average molecular weight is 386 g/mol. The summed E-state index contributed by atoms with van der Waals surface area (Å²) in [4.78, 5) is 17.1. The van der Waals surface area contributed by atoms with Gasteiger partial charge in [-0.15, -0.1) is 0 Å².